The van der Waals surface area contributed by atoms with E-state index in [1.807, 2.05) is 36.3 Å². The molecule has 1 aliphatic heterocycles. The topological polar surface area (TPSA) is 80.8 Å². The fraction of sp³-hybridized carbons (Fsp3) is 0.320. The van der Waals surface area contributed by atoms with Crippen LogP contribution >= 0.6 is 11.3 Å². The molecule has 1 N–H and O–H groups in total. The number of fused-ring (bicyclic) bond motifs is 1. The molecule has 8 heteroatoms. The molecule has 1 atom stereocenters. The molecule has 33 heavy (non-hydrogen) atoms. The molecule has 1 unspecified atom stereocenters. The Kier molecular flexibility index (Phi) is 6.65. The standard InChI is InChI=1S/C25H27N3O4S/c1-5-15(2)24(30)28-12-11-17-13-16(9-10-20(17)28)19-14-33-25(26-19)27-23(29)18-7-6-8-21(31-3)22(18)32-4/h6-10,13-15H,5,11-12H2,1-4H3,(H,26,27,29). The third-order valence-corrected chi connectivity index (χ3v) is 6.70. The molecule has 0 fully saturated rings. The predicted octanol–water partition coefficient (Wildman–Crippen LogP) is 5.01. The molecule has 0 bridgehead atoms. The fourth-order valence-electron chi connectivity index (χ4n) is 3.92. The summed E-state index contributed by atoms with van der Waals surface area (Å²) in [5, 5.41) is 5.26. The van der Waals surface area contributed by atoms with Gasteiger partial charge in [0.05, 0.1) is 25.5 Å². The van der Waals surface area contributed by atoms with Crippen LogP contribution in [0, 0.1) is 5.92 Å². The molecule has 1 aromatic heterocycles. The number of anilines is 2. The van der Waals surface area contributed by atoms with Crippen molar-refractivity contribution < 1.29 is 19.1 Å². The molecule has 0 aliphatic carbocycles. The Morgan fingerprint density at radius 2 is 2.03 bits per heavy atom. The molecule has 4 rings (SSSR count). The summed E-state index contributed by atoms with van der Waals surface area (Å²) in [5.74, 6) is 0.743. The van der Waals surface area contributed by atoms with Gasteiger partial charge in [-0.25, -0.2) is 4.98 Å². The van der Waals surface area contributed by atoms with Gasteiger partial charge in [-0.05, 0) is 42.7 Å². The minimum absolute atomic E-state index is 0.0172. The average molecular weight is 466 g/mol. The molecule has 172 valence electrons. The number of nitrogens with one attached hydrogen (secondary N) is 1. The van der Waals surface area contributed by atoms with Crippen LogP contribution in [0.15, 0.2) is 41.8 Å². The highest BCUT2D eigenvalue weighted by Crippen LogP contribution is 2.35. The summed E-state index contributed by atoms with van der Waals surface area (Å²) in [6, 6.07) is 11.2. The van der Waals surface area contributed by atoms with Gasteiger partial charge in [0, 0.05) is 29.1 Å². The summed E-state index contributed by atoms with van der Waals surface area (Å²) >= 11 is 1.36. The van der Waals surface area contributed by atoms with E-state index in [-0.39, 0.29) is 17.7 Å². The van der Waals surface area contributed by atoms with Gasteiger partial charge in [0.1, 0.15) is 0 Å². The summed E-state index contributed by atoms with van der Waals surface area (Å²) < 4.78 is 10.6. The second-order valence-corrected chi connectivity index (χ2v) is 8.78. The van der Waals surface area contributed by atoms with Crippen LogP contribution < -0.4 is 19.7 Å². The molecule has 3 aromatic rings. The number of hydrogen-bond donors (Lipinski definition) is 1. The minimum atomic E-state index is -0.320. The number of aromatic nitrogens is 1. The van der Waals surface area contributed by atoms with Crippen molar-refractivity contribution in [3.05, 3.63) is 52.9 Å². The number of thiazole rings is 1. The van der Waals surface area contributed by atoms with Gasteiger partial charge < -0.3 is 14.4 Å². The van der Waals surface area contributed by atoms with Crippen molar-refractivity contribution in [3.63, 3.8) is 0 Å². The van der Waals surface area contributed by atoms with E-state index >= 15 is 0 Å². The number of benzene rings is 2. The Hall–Kier alpha value is -3.39. The second kappa shape index (κ2) is 9.62. The Bertz CT molecular complexity index is 1190. The molecular formula is C25H27N3O4S. The molecule has 0 saturated carbocycles. The molecule has 7 nitrogen and oxygen atoms in total. The monoisotopic (exact) mass is 465 g/mol. The van der Waals surface area contributed by atoms with Crippen molar-refractivity contribution in [2.75, 3.05) is 31.0 Å². The van der Waals surface area contributed by atoms with E-state index in [9.17, 15) is 9.59 Å². The smallest absolute Gasteiger partial charge is 0.261 e. The van der Waals surface area contributed by atoms with Crippen LogP contribution in [0.25, 0.3) is 11.3 Å². The van der Waals surface area contributed by atoms with Crippen LogP contribution in [-0.2, 0) is 11.2 Å². The molecule has 1 aliphatic rings. The third kappa shape index (κ3) is 4.43. The Morgan fingerprint density at radius 3 is 2.76 bits per heavy atom. The van der Waals surface area contributed by atoms with Gasteiger partial charge in [-0.2, -0.15) is 0 Å². The SMILES string of the molecule is CCC(C)C(=O)N1CCc2cc(-c3csc(NC(=O)c4cccc(OC)c4OC)n3)ccc21. The van der Waals surface area contributed by atoms with Crippen LogP contribution in [0.2, 0.25) is 0 Å². The van der Waals surface area contributed by atoms with E-state index in [1.54, 1.807) is 18.2 Å². The average Bonchev–Trinajstić information content (AvgIpc) is 3.48. The first kappa shape index (κ1) is 22.8. The Balaban J connectivity index is 1.52. The van der Waals surface area contributed by atoms with Crippen LogP contribution in [0.1, 0.15) is 36.2 Å². The van der Waals surface area contributed by atoms with Gasteiger partial charge >= 0.3 is 0 Å². The number of amides is 2. The number of nitrogens with zero attached hydrogens (tertiary/aromatic N) is 2. The van der Waals surface area contributed by atoms with Crippen molar-refractivity contribution in [1.82, 2.24) is 4.98 Å². The van der Waals surface area contributed by atoms with Crippen molar-refractivity contribution in [2.24, 2.45) is 5.92 Å². The Morgan fingerprint density at radius 1 is 1.21 bits per heavy atom. The van der Waals surface area contributed by atoms with Gasteiger partial charge in [-0.1, -0.05) is 26.0 Å². The molecular weight excluding hydrogens is 438 g/mol. The molecule has 2 heterocycles. The van der Waals surface area contributed by atoms with Crippen LogP contribution in [0.3, 0.4) is 0 Å². The second-order valence-electron chi connectivity index (χ2n) is 7.93. The number of ether oxygens (including phenoxy) is 2. The molecule has 0 spiro atoms. The van der Waals surface area contributed by atoms with Crippen molar-refractivity contribution in [1.29, 1.82) is 0 Å². The number of carbonyl (C=O) groups is 2. The summed E-state index contributed by atoms with van der Waals surface area (Å²) in [5.41, 5.74) is 4.24. The first-order valence-electron chi connectivity index (χ1n) is 10.9. The maximum absolute atomic E-state index is 12.8. The summed E-state index contributed by atoms with van der Waals surface area (Å²) in [4.78, 5) is 32.0. The maximum Gasteiger partial charge on any atom is 0.261 e. The van der Waals surface area contributed by atoms with E-state index < -0.39 is 0 Å². The zero-order valence-corrected chi connectivity index (χ0v) is 20.0. The van der Waals surface area contributed by atoms with Crippen molar-refractivity contribution in [2.45, 2.75) is 26.7 Å². The highest BCUT2D eigenvalue weighted by molar-refractivity contribution is 7.14. The van der Waals surface area contributed by atoms with Gasteiger partial charge in [-0.15, -0.1) is 11.3 Å². The maximum atomic E-state index is 12.8. The number of hydrogen-bond acceptors (Lipinski definition) is 6. The van der Waals surface area contributed by atoms with E-state index in [0.29, 0.717) is 28.7 Å². The number of rotatable bonds is 7. The van der Waals surface area contributed by atoms with Crippen LogP contribution in [0.5, 0.6) is 11.5 Å². The van der Waals surface area contributed by atoms with E-state index in [4.69, 9.17) is 9.47 Å². The lowest BCUT2D eigenvalue weighted by molar-refractivity contribution is -0.121. The number of methoxy groups -OCH3 is 2. The summed E-state index contributed by atoms with van der Waals surface area (Å²) in [7, 11) is 3.03. The van der Waals surface area contributed by atoms with E-state index in [0.717, 1.165) is 35.3 Å². The van der Waals surface area contributed by atoms with Gasteiger partial charge in [0.25, 0.3) is 5.91 Å². The normalized spacial score (nSPS) is 13.4. The number of carbonyl (C=O) groups excluding carboxylic acids is 2. The van der Waals surface area contributed by atoms with Gasteiger partial charge in [0.2, 0.25) is 5.91 Å². The van der Waals surface area contributed by atoms with Gasteiger partial charge in [0.15, 0.2) is 16.6 Å². The molecule has 2 aromatic carbocycles. The molecule has 2 amide bonds. The highest BCUT2D eigenvalue weighted by atomic mass is 32.1. The molecule has 0 saturated heterocycles. The summed E-state index contributed by atoms with van der Waals surface area (Å²) in [6.07, 6.45) is 1.66. The first-order valence-corrected chi connectivity index (χ1v) is 11.8. The van der Waals surface area contributed by atoms with Gasteiger partial charge in [-0.3, -0.25) is 14.9 Å². The lowest BCUT2D eigenvalue weighted by Crippen LogP contribution is -2.33. The third-order valence-electron chi connectivity index (χ3n) is 5.94. The van der Waals surface area contributed by atoms with Crippen LogP contribution in [-0.4, -0.2) is 37.6 Å². The largest absolute Gasteiger partial charge is 0.493 e. The van der Waals surface area contributed by atoms with Crippen LogP contribution in [0.4, 0.5) is 10.8 Å². The van der Waals surface area contributed by atoms with Crippen molar-refractivity contribution in [3.8, 4) is 22.8 Å². The predicted molar refractivity (Wildman–Crippen MR) is 131 cm³/mol. The Labute approximate surface area is 197 Å². The lowest BCUT2D eigenvalue weighted by atomic mass is 10.1. The minimum Gasteiger partial charge on any atom is -0.493 e. The summed E-state index contributed by atoms with van der Waals surface area (Å²) in [6.45, 7) is 4.72. The van der Waals surface area contributed by atoms with E-state index in [1.165, 1.54) is 25.6 Å². The molecule has 0 radical (unpaired) electrons. The quantitative estimate of drug-likeness (QED) is 0.530. The zero-order valence-electron chi connectivity index (χ0n) is 19.2. The van der Waals surface area contributed by atoms with E-state index in [2.05, 4.69) is 16.4 Å². The lowest BCUT2D eigenvalue weighted by Gasteiger charge is -2.21. The highest BCUT2D eigenvalue weighted by Gasteiger charge is 2.27. The first-order chi connectivity index (χ1) is 16.0. The zero-order chi connectivity index (χ0) is 23.5. The fourth-order valence-corrected chi connectivity index (χ4v) is 4.64. The number of para-hydroxylation sites is 1. The van der Waals surface area contributed by atoms with Crippen molar-refractivity contribution >= 4 is 34.0 Å².